The van der Waals surface area contributed by atoms with Crippen LogP contribution in [0.25, 0.3) is 0 Å². The molecule has 1 heterocycles. The molecule has 3 nitrogen and oxygen atoms in total. The fourth-order valence-electron chi connectivity index (χ4n) is 3.00. The number of hydrogen-bond donors (Lipinski definition) is 0. The van der Waals surface area contributed by atoms with Crippen molar-refractivity contribution in [2.24, 2.45) is 0 Å². The maximum absolute atomic E-state index is 13.1. The van der Waals surface area contributed by atoms with Crippen molar-refractivity contribution in [3.05, 3.63) is 38.8 Å². The minimum atomic E-state index is -0.179. The Morgan fingerprint density at radius 2 is 2.17 bits per heavy atom. The van der Waals surface area contributed by atoms with Gasteiger partial charge in [0, 0.05) is 39.8 Å². The molecule has 0 unspecified atom stereocenters. The van der Waals surface area contributed by atoms with Crippen molar-refractivity contribution >= 4 is 46.7 Å². The molecule has 124 valence electrons. The first kappa shape index (κ1) is 17.6. The highest BCUT2D eigenvalue weighted by atomic mass is 35.5. The molecular weight excluding hydrogens is 362 g/mol. The summed E-state index contributed by atoms with van der Waals surface area (Å²) >= 11 is 9.35. The van der Waals surface area contributed by atoms with E-state index < -0.39 is 0 Å². The Kier molecular flexibility index (Phi) is 5.70. The van der Waals surface area contributed by atoms with E-state index in [9.17, 15) is 9.59 Å². The summed E-state index contributed by atoms with van der Waals surface area (Å²) in [7, 11) is 0. The number of carbonyl (C=O) groups is 2. The van der Waals surface area contributed by atoms with Gasteiger partial charge >= 0.3 is 0 Å². The molecule has 0 spiro atoms. The molecule has 0 radical (unpaired) electrons. The van der Waals surface area contributed by atoms with Gasteiger partial charge in [-0.2, -0.15) is 5.26 Å². The summed E-state index contributed by atoms with van der Waals surface area (Å²) < 4.78 is 0. The van der Waals surface area contributed by atoms with E-state index in [1.165, 1.54) is 11.8 Å². The van der Waals surface area contributed by atoms with E-state index >= 15 is 0 Å². The Balaban J connectivity index is 1.99. The average Bonchev–Trinajstić information content (AvgIpc) is 3.06. The molecule has 1 aromatic rings. The first-order valence-corrected chi connectivity index (χ1v) is 10.2. The Hall–Kier alpha value is -1.22. The Bertz CT molecular complexity index is 780. The van der Waals surface area contributed by atoms with Crippen LogP contribution in [-0.4, -0.2) is 23.1 Å². The number of carbonyl (C=O) groups excluding carboxylic acids is 2. The number of allylic oxidation sites excluding steroid dienone is 2. The van der Waals surface area contributed by atoms with E-state index in [4.69, 9.17) is 16.9 Å². The predicted molar refractivity (Wildman–Crippen MR) is 98.8 cm³/mol. The van der Waals surface area contributed by atoms with E-state index in [1.54, 1.807) is 23.9 Å². The van der Waals surface area contributed by atoms with Crippen molar-refractivity contribution in [1.82, 2.24) is 0 Å². The Morgan fingerprint density at radius 1 is 1.33 bits per heavy atom. The average molecular weight is 378 g/mol. The number of nitriles is 1. The highest BCUT2D eigenvalue weighted by Gasteiger charge is 2.30. The monoisotopic (exact) mass is 377 g/mol. The van der Waals surface area contributed by atoms with Gasteiger partial charge in [0.25, 0.3) is 0 Å². The molecule has 0 saturated heterocycles. The maximum Gasteiger partial charge on any atom is 0.198 e. The van der Waals surface area contributed by atoms with Gasteiger partial charge in [0.05, 0.1) is 11.6 Å². The van der Waals surface area contributed by atoms with Crippen LogP contribution in [0.3, 0.4) is 0 Å². The van der Waals surface area contributed by atoms with Crippen molar-refractivity contribution in [1.29, 1.82) is 5.26 Å². The lowest BCUT2D eigenvalue weighted by Crippen LogP contribution is -2.19. The number of nitrogens with zero attached hydrogens (tertiary/aromatic N) is 1. The van der Waals surface area contributed by atoms with E-state index in [1.807, 2.05) is 0 Å². The van der Waals surface area contributed by atoms with Crippen LogP contribution in [0.5, 0.6) is 0 Å². The molecule has 0 saturated carbocycles. The third-order valence-corrected chi connectivity index (χ3v) is 6.81. The zero-order valence-corrected chi connectivity index (χ0v) is 15.5. The van der Waals surface area contributed by atoms with Crippen molar-refractivity contribution in [3.8, 4) is 6.07 Å². The van der Waals surface area contributed by atoms with Crippen LogP contribution in [0.15, 0.2) is 27.5 Å². The van der Waals surface area contributed by atoms with E-state index in [0.717, 1.165) is 40.4 Å². The van der Waals surface area contributed by atoms with Gasteiger partial charge in [-0.1, -0.05) is 11.6 Å². The van der Waals surface area contributed by atoms with Crippen molar-refractivity contribution in [3.63, 3.8) is 0 Å². The molecule has 1 aliphatic heterocycles. The summed E-state index contributed by atoms with van der Waals surface area (Å²) in [5.41, 5.74) is 1.96. The van der Waals surface area contributed by atoms with E-state index in [0.29, 0.717) is 34.8 Å². The number of halogens is 1. The summed E-state index contributed by atoms with van der Waals surface area (Å²) in [4.78, 5) is 27.3. The number of Topliss-reactive ketones (excluding diaryl/α,β-unsaturated/α-hetero) is 2. The molecule has 6 heteroatoms. The first-order valence-electron chi connectivity index (χ1n) is 7.88. The smallest absolute Gasteiger partial charge is 0.198 e. The Morgan fingerprint density at radius 3 is 2.96 bits per heavy atom. The van der Waals surface area contributed by atoms with Crippen LogP contribution >= 0.6 is 35.1 Å². The number of ketones is 2. The molecule has 2 aliphatic rings. The van der Waals surface area contributed by atoms with E-state index in [-0.39, 0.29) is 11.6 Å². The van der Waals surface area contributed by atoms with Crippen molar-refractivity contribution in [2.45, 2.75) is 37.0 Å². The molecule has 0 bridgehead atoms. The van der Waals surface area contributed by atoms with Crippen LogP contribution in [-0.2, 0) is 11.2 Å². The number of fused-ring (bicyclic) bond motifs is 1. The van der Waals surface area contributed by atoms with Crippen LogP contribution < -0.4 is 0 Å². The zero-order chi connectivity index (χ0) is 17.1. The second kappa shape index (κ2) is 7.77. The number of benzene rings is 1. The van der Waals surface area contributed by atoms with Gasteiger partial charge in [-0.15, -0.1) is 23.5 Å². The molecule has 0 amide bonds. The third kappa shape index (κ3) is 3.42. The molecule has 3 rings (SSSR count). The fourth-order valence-corrected chi connectivity index (χ4v) is 5.60. The quantitative estimate of drug-likeness (QED) is 0.418. The first-order chi connectivity index (χ1) is 11.6. The minimum absolute atomic E-state index is 0.0718. The Labute approximate surface area is 154 Å². The summed E-state index contributed by atoms with van der Waals surface area (Å²) in [6.07, 6.45) is 3.21. The summed E-state index contributed by atoms with van der Waals surface area (Å²) in [6.45, 7) is 0. The summed E-state index contributed by atoms with van der Waals surface area (Å²) in [5, 5.41) is 9.40. The summed E-state index contributed by atoms with van der Waals surface area (Å²) in [5.74, 6) is 1.28. The summed E-state index contributed by atoms with van der Waals surface area (Å²) in [6, 6.07) is 5.61. The van der Waals surface area contributed by atoms with Crippen LogP contribution in [0.1, 0.15) is 41.6 Å². The molecular formula is C18H16ClNO2S2. The SMILES string of the molecule is N#CCCSC1=C(C(=O)c2ccc(Cl)c3c2SCC3)C(=O)CCC1. The normalized spacial score (nSPS) is 16.9. The van der Waals surface area contributed by atoms with Gasteiger partial charge in [-0.05, 0) is 41.9 Å². The van der Waals surface area contributed by atoms with Gasteiger partial charge in [0.2, 0.25) is 0 Å². The molecule has 1 aromatic carbocycles. The largest absolute Gasteiger partial charge is 0.294 e. The van der Waals surface area contributed by atoms with Crippen LogP contribution in [0.2, 0.25) is 5.02 Å². The fraction of sp³-hybridized carbons (Fsp3) is 0.389. The number of hydrogen-bond acceptors (Lipinski definition) is 5. The zero-order valence-electron chi connectivity index (χ0n) is 13.1. The second-order valence-corrected chi connectivity index (χ2v) is 8.36. The standard InChI is InChI=1S/C18H16ClNO2S2/c19-13-6-5-12(18-11(13)7-10-24-18)17(22)16-14(21)3-1-4-15(16)23-9-2-8-20/h5-6H,1-4,7,9-10H2. The van der Waals surface area contributed by atoms with Gasteiger partial charge in [-0.25, -0.2) is 0 Å². The van der Waals surface area contributed by atoms with Gasteiger partial charge in [0.1, 0.15) is 0 Å². The lowest BCUT2D eigenvalue weighted by atomic mass is 9.91. The molecule has 0 N–H and O–H groups in total. The third-order valence-electron chi connectivity index (χ3n) is 4.13. The lowest BCUT2D eigenvalue weighted by molar-refractivity contribution is -0.115. The van der Waals surface area contributed by atoms with Crippen LogP contribution in [0, 0.1) is 11.3 Å². The molecule has 0 atom stereocenters. The van der Waals surface area contributed by atoms with Crippen LogP contribution in [0.4, 0.5) is 0 Å². The van der Waals surface area contributed by atoms with Crippen molar-refractivity contribution in [2.75, 3.05) is 11.5 Å². The molecule has 24 heavy (non-hydrogen) atoms. The highest BCUT2D eigenvalue weighted by Crippen LogP contribution is 2.41. The maximum atomic E-state index is 13.1. The van der Waals surface area contributed by atoms with Gasteiger partial charge < -0.3 is 0 Å². The highest BCUT2D eigenvalue weighted by molar-refractivity contribution is 8.03. The number of rotatable bonds is 5. The predicted octanol–water partition coefficient (Wildman–Crippen LogP) is 4.82. The number of thioether (sulfide) groups is 2. The lowest BCUT2D eigenvalue weighted by Gasteiger charge is -2.19. The molecule has 0 fully saturated rings. The van der Waals surface area contributed by atoms with E-state index in [2.05, 4.69) is 6.07 Å². The minimum Gasteiger partial charge on any atom is -0.294 e. The topological polar surface area (TPSA) is 57.9 Å². The second-order valence-electron chi connectivity index (χ2n) is 5.66. The van der Waals surface area contributed by atoms with Gasteiger partial charge in [0.15, 0.2) is 11.6 Å². The molecule has 1 aliphatic carbocycles. The van der Waals surface area contributed by atoms with Crippen molar-refractivity contribution < 1.29 is 9.59 Å². The molecule has 0 aromatic heterocycles. The van der Waals surface area contributed by atoms with Gasteiger partial charge in [-0.3, -0.25) is 9.59 Å².